The lowest BCUT2D eigenvalue weighted by Gasteiger charge is -2.39. The van der Waals surface area contributed by atoms with Gasteiger partial charge in [-0.2, -0.15) is 0 Å². The van der Waals surface area contributed by atoms with Crippen molar-refractivity contribution < 1.29 is 0 Å². The Labute approximate surface area is 122 Å². The first kappa shape index (κ1) is 14.2. The van der Waals surface area contributed by atoms with E-state index in [1.54, 1.807) is 0 Å². The van der Waals surface area contributed by atoms with E-state index in [0.29, 0.717) is 0 Å². The van der Waals surface area contributed by atoms with E-state index in [9.17, 15) is 0 Å². The van der Waals surface area contributed by atoms with E-state index in [1.165, 1.54) is 43.2 Å². The number of rotatable bonds is 2. The Bertz CT molecular complexity index is 493. The number of nitrogens with zero attached hydrogens (tertiary/aromatic N) is 1. The van der Waals surface area contributed by atoms with Crippen molar-refractivity contribution in [3.8, 4) is 0 Å². The summed E-state index contributed by atoms with van der Waals surface area (Å²) in [4.78, 5) is 0. The SMILES string of the molecule is Cc1ccc(C2(n3cccc3)CCCCC2)cc1.Cl. The van der Waals surface area contributed by atoms with Crippen molar-refractivity contribution >= 4 is 12.4 Å². The molecule has 2 aromatic rings. The molecule has 0 radical (unpaired) electrons. The van der Waals surface area contributed by atoms with Crippen LogP contribution >= 0.6 is 12.4 Å². The van der Waals surface area contributed by atoms with Crippen LogP contribution in [0.2, 0.25) is 0 Å². The first-order valence-electron chi connectivity index (χ1n) is 7.02. The molecule has 1 aliphatic rings. The molecular weight excluding hydrogens is 254 g/mol. The minimum Gasteiger partial charge on any atom is -0.344 e. The number of hydrogen-bond acceptors (Lipinski definition) is 0. The minimum atomic E-state index is 0. The molecule has 1 fully saturated rings. The van der Waals surface area contributed by atoms with E-state index in [1.807, 2.05) is 0 Å². The fourth-order valence-electron chi connectivity index (χ4n) is 3.32. The topological polar surface area (TPSA) is 4.93 Å². The molecule has 0 saturated heterocycles. The monoisotopic (exact) mass is 275 g/mol. The second-order valence-electron chi connectivity index (χ2n) is 5.55. The Balaban J connectivity index is 0.00000133. The van der Waals surface area contributed by atoms with Crippen molar-refractivity contribution in [3.05, 3.63) is 59.9 Å². The summed E-state index contributed by atoms with van der Waals surface area (Å²) in [5.74, 6) is 0. The van der Waals surface area contributed by atoms with Crippen molar-refractivity contribution in [2.75, 3.05) is 0 Å². The lowest BCUT2D eigenvalue weighted by atomic mass is 9.76. The Kier molecular flexibility index (Phi) is 4.36. The molecule has 0 unspecified atom stereocenters. The van der Waals surface area contributed by atoms with Gasteiger partial charge in [0.1, 0.15) is 0 Å². The van der Waals surface area contributed by atoms with E-state index in [-0.39, 0.29) is 17.9 Å². The van der Waals surface area contributed by atoms with Crippen LogP contribution < -0.4 is 0 Å². The second kappa shape index (κ2) is 5.83. The molecular formula is C17H22ClN. The van der Waals surface area contributed by atoms with E-state index < -0.39 is 0 Å². The normalized spacial score (nSPS) is 17.7. The Morgan fingerprint density at radius 1 is 0.895 bits per heavy atom. The molecule has 1 heterocycles. The summed E-state index contributed by atoms with van der Waals surface area (Å²) in [6.07, 6.45) is 11.1. The highest BCUT2D eigenvalue weighted by Gasteiger charge is 2.34. The third-order valence-electron chi connectivity index (χ3n) is 4.37. The van der Waals surface area contributed by atoms with Gasteiger partial charge in [0.2, 0.25) is 0 Å². The van der Waals surface area contributed by atoms with Crippen LogP contribution in [0.4, 0.5) is 0 Å². The molecule has 0 spiro atoms. The van der Waals surface area contributed by atoms with Gasteiger partial charge in [0, 0.05) is 12.4 Å². The van der Waals surface area contributed by atoms with Crippen LogP contribution in [0.1, 0.15) is 43.2 Å². The molecule has 0 bridgehead atoms. The van der Waals surface area contributed by atoms with Crippen molar-refractivity contribution in [2.24, 2.45) is 0 Å². The maximum absolute atomic E-state index is 2.43. The molecule has 1 aromatic heterocycles. The summed E-state index contributed by atoms with van der Waals surface area (Å²) < 4.78 is 2.43. The molecule has 0 atom stereocenters. The Hall–Kier alpha value is -1.21. The maximum Gasteiger partial charge on any atom is 0.0690 e. The Morgan fingerprint density at radius 2 is 1.47 bits per heavy atom. The molecule has 3 rings (SSSR count). The summed E-state index contributed by atoms with van der Waals surface area (Å²) in [5.41, 5.74) is 3.02. The maximum atomic E-state index is 2.43. The highest BCUT2D eigenvalue weighted by atomic mass is 35.5. The van der Waals surface area contributed by atoms with Gasteiger partial charge in [-0.25, -0.2) is 0 Å². The largest absolute Gasteiger partial charge is 0.344 e. The van der Waals surface area contributed by atoms with Crippen LogP contribution in [0.5, 0.6) is 0 Å². The van der Waals surface area contributed by atoms with Crippen LogP contribution in [0.25, 0.3) is 0 Å². The van der Waals surface area contributed by atoms with Gasteiger partial charge >= 0.3 is 0 Å². The summed E-state index contributed by atoms with van der Waals surface area (Å²) in [6, 6.07) is 13.4. The highest BCUT2D eigenvalue weighted by molar-refractivity contribution is 5.85. The zero-order valence-corrected chi connectivity index (χ0v) is 12.3. The number of halogens is 1. The van der Waals surface area contributed by atoms with E-state index in [0.717, 1.165) is 0 Å². The second-order valence-corrected chi connectivity index (χ2v) is 5.55. The molecule has 0 aliphatic heterocycles. The van der Waals surface area contributed by atoms with Crippen molar-refractivity contribution in [3.63, 3.8) is 0 Å². The lowest BCUT2D eigenvalue weighted by molar-refractivity contribution is 0.246. The summed E-state index contributed by atoms with van der Waals surface area (Å²) in [6.45, 7) is 2.16. The molecule has 0 amide bonds. The zero-order chi connectivity index (χ0) is 12.4. The van der Waals surface area contributed by atoms with Gasteiger partial charge < -0.3 is 4.57 Å². The van der Waals surface area contributed by atoms with Crippen molar-refractivity contribution in [1.29, 1.82) is 0 Å². The third-order valence-corrected chi connectivity index (χ3v) is 4.37. The van der Waals surface area contributed by atoms with Crippen LogP contribution in [0, 0.1) is 6.92 Å². The molecule has 2 heteroatoms. The van der Waals surface area contributed by atoms with Crippen LogP contribution in [-0.2, 0) is 5.54 Å². The zero-order valence-electron chi connectivity index (χ0n) is 11.5. The van der Waals surface area contributed by atoms with Gasteiger partial charge in [-0.1, -0.05) is 49.1 Å². The minimum absolute atomic E-state index is 0. The molecule has 1 aromatic carbocycles. The number of aromatic nitrogens is 1. The smallest absolute Gasteiger partial charge is 0.0690 e. The number of hydrogen-bond donors (Lipinski definition) is 0. The summed E-state index contributed by atoms with van der Waals surface area (Å²) >= 11 is 0. The first-order chi connectivity index (χ1) is 8.81. The fourth-order valence-corrected chi connectivity index (χ4v) is 3.32. The van der Waals surface area contributed by atoms with Crippen molar-refractivity contribution in [2.45, 2.75) is 44.6 Å². The quantitative estimate of drug-likeness (QED) is 0.733. The van der Waals surface area contributed by atoms with Crippen molar-refractivity contribution in [1.82, 2.24) is 4.57 Å². The fraction of sp³-hybridized carbons (Fsp3) is 0.412. The van der Waals surface area contributed by atoms with Crippen LogP contribution in [-0.4, -0.2) is 4.57 Å². The Morgan fingerprint density at radius 3 is 2.05 bits per heavy atom. The van der Waals surface area contributed by atoms with Crippen LogP contribution in [0.15, 0.2) is 48.8 Å². The van der Waals surface area contributed by atoms with E-state index in [4.69, 9.17) is 0 Å². The average molecular weight is 276 g/mol. The predicted molar refractivity (Wildman–Crippen MR) is 83.0 cm³/mol. The van der Waals surface area contributed by atoms with Gasteiger partial charge in [-0.05, 0) is 37.5 Å². The van der Waals surface area contributed by atoms with Gasteiger partial charge in [0.15, 0.2) is 0 Å². The van der Waals surface area contributed by atoms with Gasteiger partial charge in [0.25, 0.3) is 0 Å². The molecule has 1 aliphatic carbocycles. The standard InChI is InChI=1S/C17H21N.ClH/c1-15-7-9-16(10-8-15)17(11-3-2-4-12-17)18-13-5-6-14-18;/h5-10,13-14H,2-4,11-12H2,1H3;1H. The molecule has 1 nitrogen and oxygen atoms in total. The number of aryl methyl sites for hydroxylation is 1. The molecule has 19 heavy (non-hydrogen) atoms. The summed E-state index contributed by atoms with van der Waals surface area (Å²) in [5, 5.41) is 0. The molecule has 1 saturated carbocycles. The number of benzene rings is 1. The lowest BCUT2D eigenvalue weighted by Crippen LogP contribution is -2.36. The van der Waals surface area contributed by atoms with E-state index in [2.05, 4.69) is 60.3 Å². The predicted octanol–water partition coefficient (Wildman–Crippen LogP) is 4.93. The highest BCUT2D eigenvalue weighted by Crippen LogP contribution is 2.40. The first-order valence-corrected chi connectivity index (χ1v) is 7.02. The van der Waals surface area contributed by atoms with Crippen LogP contribution in [0.3, 0.4) is 0 Å². The average Bonchev–Trinajstić information content (AvgIpc) is 2.95. The van der Waals surface area contributed by atoms with Gasteiger partial charge in [-0.15, -0.1) is 12.4 Å². The van der Waals surface area contributed by atoms with Gasteiger partial charge in [-0.3, -0.25) is 0 Å². The summed E-state index contributed by atoms with van der Waals surface area (Å²) in [7, 11) is 0. The van der Waals surface area contributed by atoms with E-state index >= 15 is 0 Å². The molecule has 0 N–H and O–H groups in total. The third kappa shape index (κ3) is 2.57. The van der Waals surface area contributed by atoms with Gasteiger partial charge in [0.05, 0.1) is 5.54 Å². The molecule has 102 valence electrons.